The molecule has 0 radical (unpaired) electrons. The van der Waals surface area contributed by atoms with E-state index in [2.05, 4.69) is 12.6 Å². The molecule has 0 heterocycles. The molecule has 0 fully saturated rings. The second-order valence-electron chi connectivity index (χ2n) is 3.08. The normalized spacial score (nSPS) is 9.71. The Morgan fingerprint density at radius 3 is 2.57 bits per heavy atom. The third kappa shape index (κ3) is 2.20. The van der Waals surface area contributed by atoms with Gasteiger partial charge in [0, 0.05) is 19.0 Å². The summed E-state index contributed by atoms with van der Waals surface area (Å²) in [7, 11) is 4.97. The van der Waals surface area contributed by atoms with Crippen molar-refractivity contribution in [2.24, 2.45) is 0 Å². The molecule has 0 aliphatic rings. The lowest BCUT2D eigenvalue weighted by atomic mass is 10.2. The number of hydrogen-bond donors (Lipinski definition) is 1. The first-order valence-electron chi connectivity index (χ1n) is 4.15. The van der Waals surface area contributed by atoms with E-state index in [1.54, 1.807) is 39.4 Å². The van der Waals surface area contributed by atoms with Gasteiger partial charge in [-0.1, -0.05) is 0 Å². The van der Waals surface area contributed by atoms with Crippen LogP contribution in [-0.2, 0) is 0 Å². The van der Waals surface area contributed by atoms with E-state index >= 15 is 0 Å². The fraction of sp³-hybridized carbons (Fsp3) is 0.300. The number of carbonyl (C=O) groups is 1. The van der Waals surface area contributed by atoms with Crippen molar-refractivity contribution in [1.29, 1.82) is 0 Å². The monoisotopic (exact) mass is 211 g/mol. The maximum absolute atomic E-state index is 11.7. The Morgan fingerprint density at radius 1 is 1.43 bits per heavy atom. The Bertz CT molecular complexity index is 350. The summed E-state index contributed by atoms with van der Waals surface area (Å²) < 4.78 is 5.04. The first-order valence-corrected chi connectivity index (χ1v) is 4.59. The summed E-state index contributed by atoms with van der Waals surface area (Å²) in [5.41, 5.74) is 0.553. The molecule has 0 unspecified atom stereocenters. The smallest absolute Gasteiger partial charge is 0.254 e. The van der Waals surface area contributed by atoms with Gasteiger partial charge in [0.15, 0.2) is 0 Å². The SMILES string of the molecule is COc1ccc(S)c(C(=O)N(C)C)c1. The van der Waals surface area contributed by atoms with Crippen molar-refractivity contribution in [3.05, 3.63) is 23.8 Å². The van der Waals surface area contributed by atoms with Gasteiger partial charge in [0.2, 0.25) is 0 Å². The highest BCUT2D eigenvalue weighted by Crippen LogP contribution is 2.21. The summed E-state index contributed by atoms with van der Waals surface area (Å²) in [4.78, 5) is 13.8. The largest absolute Gasteiger partial charge is 0.497 e. The molecule has 3 nitrogen and oxygen atoms in total. The number of amides is 1. The summed E-state index contributed by atoms with van der Waals surface area (Å²) in [6, 6.07) is 5.21. The van der Waals surface area contributed by atoms with Gasteiger partial charge in [-0.3, -0.25) is 4.79 Å². The molecule has 1 amide bonds. The van der Waals surface area contributed by atoms with Crippen LogP contribution in [0.15, 0.2) is 23.1 Å². The number of ether oxygens (including phenoxy) is 1. The zero-order valence-corrected chi connectivity index (χ0v) is 9.34. The lowest BCUT2D eigenvalue weighted by Gasteiger charge is -2.12. The number of methoxy groups -OCH3 is 1. The van der Waals surface area contributed by atoms with Gasteiger partial charge in [0.25, 0.3) is 5.91 Å². The topological polar surface area (TPSA) is 29.5 Å². The molecule has 0 saturated heterocycles. The van der Waals surface area contributed by atoms with Crippen LogP contribution in [0.2, 0.25) is 0 Å². The molecule has 0 aliphatic heterocycles. The molecule has 0 saturated carbocycles. The quantitative estimate of drug-likeness (QED) is 0.754. The van der Waals surface area contributed by atoms with E-state index in [-0.39, 0.29) is 5.91 Å². The number of carbonyl (C=O) groups excluding carboxylic acids is 1. The molecule has 4 heteroatoms. The third-order valence-corrected chi connectivity index (χ3v) is 2.23. The van der Waals surface area contributed by atoms with Gasteiger partial charge in [-0.05, 0) is 18.2 Å². The zero-order chi connectivity index (χ0) is 10.7. The molecule has 1 aromatic rings. The van der Waals surface area contributed by atoms with Crippen LogP contribution in [0, 0.1) is 0 Å². The Labute approximate surface area is 89.1 Å². The van der Waals surface area contributed by atoms with E-state index < -0.39 is 0 Å². The first-order chi connectivity index (χ1) is 6.56. The van der Waals surface area contributed by atoms with Crippen LogP contribution in [0.5, 0.6) is 5.75 Å². The van der Waals surface area contributed by atoms with Crippen molar-refractivity contribution < 1.29 is 9.53 Å². The Kier molecular flexibility index (Phi) is 3.41. The molecular weight excluding hydrogens is 198 g/mol. The maximum Gasteiger partial charge on any atom is 0.254 e. The van der Waals surface area contributed by atoms with Crippen molar-refractivity contribution in [2.75, 3.05) is 21.2 Å². The molecule has 1 aromatic carbocycles. The predicted molar refractivity (Wildman–Crippen MR) is 58.3 cm³/mol. The average molecular weight is 211 g/mol. The van der Waals surface area contributed by atoms with Crippen LogP contribution in [-0.4, -0.2) is 32.0 Å². The van der Waals surface area contributed by atoms with Gasteiger partial charge in [0.05, 0.1) is 12.7 Å². The summed E-state index contributed by atoms with van der Waals surface area (Å²) in [6.07, 6.45) is 0. The third-order valence-electron chi connectivity index (χ3n) is 1.84. The van der Waals surface area contributed by atoms with E-state index in [0.29, 0.717) is 16.2 Å². The van der Waals surface area contributed by atoms with Crippen LogP contribution in [0.25, 0.3) is 0 Å². The zero-order valence-electron chi connectivity index (χ0n) is 8.44. The summed E-state index contributed by atoms with van der Waals surface area (Å²) >= 11 is 4.21. The Morgan fingerprint density at radius 2 is 2.07 bits per heavy atom. The van der Waals surface area contributed by atoms with Crippen LogP contribution in [0.3, 0.4) is 0 Å². The van der Waals surface area contributed by atoms with E-state index in [1.807, 2.05) is 0 Å². The minimum atomic E-state index is -0.0751. The van der Waals surface area contributed by atoms with Crippen LogP contribution < -0.4 is 4.74 Å². The molecule has 0 aliphatic carbocycles. The van der Waals surface area contributed by atoms with E-state index in [1.165, 1.54) is 4.90 Å². The fourth-order valence-corrected chi connectivity index (χ4v) is 1.29. The van der Waals surface area contributed by atoms with Gasteiger partial charge < -0.3 is 9.64 Å². The minimum Gasteiger partial charge on any atom is -0.497 e. The number of rotatable bonds is 2. The standard InChI is InChI=1S/C10H13NO2S/c1-11(2)10(12)8-6-7(13-3)4-5-9(8)14/h4-6,14H,1-3H3. The summed E-state index contributed by atoms with van der Waals surface area (Å²) in [5.74, 6) is 0.585. The van der Waals surface area contributed by atoms with Crippen molar-refractivity contribution >= 4 is 18.5 Å². The molecule has 76 valence electrons. The second-order valence-corrected chi connectivity index (χ2v) is 3.56. The van der Waals surface area contributed by atoms with Crippen LogP contribution >= 0.6 is 12.6 Å². The van der Waals surface area contributed by atoms with Crippen LogP contribution in [0.1, 0.15) is 10.4 Å². The molecule has 0 spiro atoms. The number of nitrogens with zero attached hydrogens (tertiary/aromatic N) is 1. The van der Waals surface area contributed by atoms with Crippen molar-refractivity contribution in [3.63, 3.8) is 0 Å². The lowest BCUT2D eigenvalue weighted by molar-refractivity contribution is 0.0824. The van der Waals surface area contributed by atoms with Crippen molar-refractivity contribution in [3.8, 4) is 5.75 Å². The molecule has 0 N–H and O–H groups in total. The average Bonchev–Trinajstić information content (AvgIpc) is 2.17. The Hall–Kier alpha value is -1.16. The molecule has 1 rings (SSSR count). The van der Waals surface area contributed by atoms with Gasteiger partial charge in [-0.25, -0.2) is 0 Å². The van der Waals surface area contributed by atoms with Gasteiger partial charge >= 0.3 is 0 Å². The number of benzene rings is 1. The summed E-state index contributed by atoms with van der Waals surface area (Å²) in [5, 5.41) is 0. The van der Waals surface area contributed by atoms with E-state index in [4.69, 9.17) is 4.74 Å². The fourth-order valence-electron chi connectivity index (χ4n) is 1.05. The molecule has 0 bridgehead atoms. The van der Waals surface area contributed by atoms with E-state index in [0.717, 1.165) is 0 Å². The van der Waals surface area contributed by atoms with Gasteiger partial charge in [-0.2, -0.15) is 0 Å². The highest BCUT2D eigenvalue weighted by atomic mass is 32.1. The highest BCUT2D eigenvalue weighted by molar-refractivity contribution is 7.80. The van der Waals surface area contributed by atoms with Gasteiger partial charge in [0.1, 0.15) is 5.75 Å². The molecule has 14 heavy (non-hydrogen) atoms. The maximum atomic E-state index is 11.7. The molecular formula is C10H13NO2S. The van der Waals surface area contributed by atoms with Crippen LogP contribution in [0.4, 0.5) is 0 Å². The lowest BCUT2D eigenvalue weighted by Crippen LogP contribution is -2.22. The summed E-state index contributed by atoms with van der Waals surface area (Å²) in [6.45, 7) is 0. The second kappa shape index (κ2) is 4.37. The first kappa shape index (κ1) is 10.9. The highest BCUT2D eigenvalue weighted by Gasteiger charge is 2.12. The van der Waals surface area contributed by atoms with E-state index in [9.17, 15) is 4.79 Å². The minimum absolute atomic E-state index is 0.0751. The van der Waals surface area contributed by atoms with Gasteiger partial charge in [-0.15, -0.1) is 12.6 Å². The molecule has 0 aromatic heterocycles. The number of thiol groups is 1. The van der Waals surface area contributed by atoms with Crippen molar-refractivity contribution in [2.45, 2.75) is 4.90 Å². The Balaban J connectivity index is 3.12. The molecule has 0 atom stereocenters. The predicted octanol–water partition coefficient (Wildman–Crippen LogP) is 1.69. The number of hydrogen-bond acceptors (Lipinski definition) is 3. The van der Waals surface area contributed by atoms with Crippen molar-refractivity contribution in [1.82, 2.24) is 4.90 Å².